The number of aryl methyl sites for hydroxylation is 1. The minimum Gasteiger partial charge on any atom is -0.325 e. The molecule has 164 valence electrons. The van der Waals surface area contributed by atoms with E-state index in [0.29, 0.717) is 32.5 Å². The SMILES string of the molecule is Cc1ccccc1-n1c(=O)c2ccccc2n2c(SCC(=O)Nc3cccc(Cl)c3)nnc12. The number of nitrogens with one attached hydrogen (secondary N) is 1. The summed E-state index contributed by atoms with van der Waals surface area (Å²) in [7, 11) is 0. The standard InChI is InChI=1S/C24H18ClN5O2S/c1-15-7-2-4-11-19(15)29-22(32)18-10-3-5-12-20(18)30-23(29)27-28-24(30)33-14-21(31)26-17-9-6-8-16(25)13-17/h2-13H,14H2,1H3,(H,26,31). The van der Waals surface area contributed by atoms with Gasteiger partial charge < -0.3 is 5.32 Å². The number of hydrogen-bond acceptors (Lipinski definition) is 5. The topological polar surface area (TPSA) is 81.3 Å². The van der Waals surface area contributed by atoms with Crippen molar-refractivity contribution in [3.63, 3.8) is 0 Å². The van der Waals surface area contributed by atoms with Crippen LogP contribution in [0.3, 0.4) is 0 Å². The quantitative estimate of drug-likeness (QED) is 0.372. The third kappa shape index (κ3) is 3.99. The Hall–Kier alpha value is -3.62. The van der Waals surface area contributed by atoms with E-state index >= 15 is 0 Å². The molecule has 0 radical (unpaired) electrons. The molecular formula is C24H18ClN5O2S. The normalized spacial score (nSPS) is 11.2. The van der Waals surface area contributed by atoms with Crippen LogP contribution in [-0.4, -0.2) is 30.8 Å². The van der Waals surface area contributed by atoms with Crippen molar-refractivity contribution in [1.82, 2.24) is 19.2 Å². The molecule has 5 aromatic rings. The smallest absolute Gasteiger partial charge is 0.267 e. The van der Waals surface area contributed by atoms with Gasteiger partial charge in [-0.25, -0.2) is 4.57 Å². The van der Waals surface area contributed by atoms with Crippen molar-refractivity contribution in [2.75, 3.05) is 11.1 Å². The van der Waals surface area contributed by atoms with Gasteiger partial charge in [-0.15, -0.1) is 10.2 Å². The van der Waals surface area contributed by atoms with Gasteiger partial charge in [0.05, 0.1) is 22.3 Å². The summed E-state index contributed by atoms with van der Waals surface area (Å²) >= 11 is 7.24. The Bertz CT molecular complexity index is 1580. The fourth-order valence-corrected chi connectivity index (χ4v) is 4.63. The molecule has 1 N–H and O–H groups in total. The average Bonchev–Trinajstić information content (AvgIpc) is 3.23. The van der Waals surface area contributed by atoms with E-state index in [4.69, 9.17) is 11.6 Å². The lowest BCUT2D eigenvalue weighted by Gasteiger charge is -2.13. The number of carbonyl (C=O) groups is 1. The first-order chi connectivity index (χ1) is 16.0. The minimum atomic E-state index is -0.199. The number of amides is 1. The van der Waals surface area contributed by atoms with E-state index in [0.717, 1.165) is 11.3 Å². The predicted molar refractivity (Wildman–Crippen MR) is 132 cm³/mol. The zero-order valence-electron chi connectivity index (χ0n) is 17.5. The molecule has 5 rings (SSSR count). The van der Waals surface area contributed by atoms with Gasteiger partial charge in [-0.1, -0.05) is 59.8 Å². The van der Waals surface area contributed by atoms with Crippen molar-refractivity contribution in [2.24, 2.45) is 0 Å². The second kappa shape index (κ2) is 8.73. The van der Waals surface area contributed by atoms with Gasteiger partial charge in [0.1, 0.15) is 0 Å². The number of halogens is 1. The summed E-state index contributed by atoms with van der Waals surface area (Å²) in [6.45, 7) is 1.94. The molecule has 0 saturated heterocycles. The Morgan fingerprint density at radius 3 is 2.64 bits per heavy atom. The van der Waals surface area contributed by atoms with Gasteiger partial charge in [0.2, 0.25) is 11.7 Å². The highest BCUT2D eigenvalue weighted by atomic mass is 35.5. The maximum absolute atomic E-state index is 13.4. The Morgan fingerprint density at radius 1 is 1.03 bits per heavy atom. The number of fused-ring (bicyclic) bond motifs is 3. The van der Waals surface area contributed by atoms with Crippen LogP contribution < -0.4 is 10.9 Å². The lowest BCUT2D eigenvalue weighted by molar-refractivity contribution is -0.113. The number of thioether (sulfide) groups is 1. The molecule has 0 saturated carbocycles. The molecule has 9 heteroatoms. The summed E-state index contributed by atoms with van der Waals surface area (Å²) in [4.78, 5) is 25.9. The molecule has 0 spiro atoms. The van der Waals surface area contributed by atoms with Crippen molar-refractivity contribution in [2.45, 2.75) is 12.1 Å². The van der Waals surface area contributed by atoms with Crippen LogP contribution >= 0.6 is 23.4 Å². The van der Waals surface area contributed by atoms with Crippen molar-refractivity contribution in [3.8, 4) is 5.69 Å². The van der Waals surface area contributed by atoms with Crippen LogP contribution in [0, 0.1) is 6.92 Å². The summed E-state index contributed by atoms with van der Waals surface area (Å²) in [5.41, 5.74) is 2.81. The van der Waals surface area contributed by atoms with E-state index in [9.17, 15) is 9.59 Å². The molecule has 0 atom stereocenters. The monoisotopic (exact) mass is 475 g/mol. The fourth-order valence-electron chi connectivity index (χ4n) is 3.70. The summed E-state index contributed by atoms with van der Waals surface area (Å²) in [5, 5.41) is 13.1. The molecule has 2 heterocycles. The minimum absolute atomic E-state index is 0.116. The molecule has 2 aromatic heterocycles. The van der Waals surface area contributed by atoms with Gasteiger partial charge in [0, 0.05) is 10.7 Å². The summed E-state index contributed by atoms with van der Waals surface area (Å²) in [6, 6.07) is 21.9. The van der Waals surface area contributed by atoms with Gasteiger partial charge in [-0.3, -0.25) is 14.0 Å². The van der Waals surface area contributed by atoms with Crippen LogP contribution in [0.25, 0.3) is 22.4 Å². The summed E-state index contributed by atoms with van der Waals surface area (Å²) in [5.74, 6) is 0.312. The molecule has 0 aliphatic heterocycles. The Kier molecular flexibility index (Phi) is 5.62. The van der Waals surface area contributed by atoms with Gasteiger partial charge in [0.25, 0.3) is 5.56 Å². The van der Waals surface area contributed by atoms with E-state index in [2.05, 4.69) is 15.5 Å². The number of aromatic nitrogens is 4. The van der Waals surface area contributed by atoms with Crippen LogP contribution in [-0.2, 0) is 4.79 Å². The maximum Gasteiger partial charge on any atom is 0.267 e. The molecule has 1 amide bonds. The molecule has 0 aliphatic rings. The van der Waals surface area contributed by atoms with E-state index < -0.39 is 0 Å². The van der Waals surface area contributed by atoms with Crippen LogP contribution in [0.15, 0.2) is 82.7 Å². The fraction of sp³-hybridized carbons (Fsp3) is 0.0833. The van der Waals surface area contributed by atoms with Crippen LogP contribution in [0.4, 0.5) is 5.69 Å². The van der Waals surface area contributed by atoms with Gasteiger partial charge in [0.15, 0.2) is 5.16 Å². The first kappa shape index (κ1) is 21.2. The predicted octanol–water partition coefficient (Wildman–Crippen LogP) is 4.73. The third-order valence-electron chi connectivity index (χ3n) is 5.19. The summed E-state index contributed by atoms with van der Waals surface area (Å²) in [6.07, 6.45) is 0. The number of benzene rings is 3. The van der Waals surface area contributed by atoms with Crippen molar-refractivity contribution >= 4 is 51.6 Å². The first-order valence-electron chi connectivity index (χ1n) is 10.2. The molecule has 33 heavy (non-hydrogen) atoms. The highest BCUT2D eigenvalue weighted by Crippen LogP contribution is 2.24. The lowest BCUT2D eigenvalue weighted by atomic mass is 10.2. The van der Waals surface area contributed by atoms with E-state index in [-0.39, 0.29) is 17.2 Å². The number of para-hydroxylation sites is 2. The molecule has 0 bridgehead atoms. The van der Waals surface area contributed by atoms with Gasteiger partial charge >= 0.3 is 0 Å². The lowest BCUT2D eigenvalue weighted by Crippen LogP contribution is -2.22. The molecule has 0 aliphatic carbocycles. The van der Waals surface area contributed by atoms with E-state index in [1.807, 2.05) is 53.8 Å². The van der Waals surface area contributed by atoms with Crippen LogP contribution in [0.5, 0.6) is 0 Å². The molecule has 0 unspecified atom stereocenters. The number of carbonyl (C=O) groups excluding carboxylic acids is 1. The van der Waals surface area contributed by atoms with Crippen molar-refractivity contribution in [1.29, 1.82) is 0 Å². The average molecular weight is 476 g/mol. The van der Waals surface area contributed by atoms with Gasteiger partial charge in [-0.05, 0) is 48.9 Å². The maximum atomic E-state index is 13.4. The molecule has 7 nitrogen and oxygen atoms in total. The largest absolute Gasteiger partial charge is 0.325 e. The Labute approximate surface area is 198 Å². The number of anilines is 1. The van der Waals surface area contributed by atoms with Crippen LogP contribution in [0.1, 0.15) is 5.56 Å². The van der Waals surface area contributed by atoms with E-state index in [1.54, 1.807) is 34.9 Å². The number of nitrogens with zero attached hydrogens (tertiary/aromatic N) is 4. The van der Waals surface area contributed by atoms with Crippen LogP contribution in [0.2, 0.25) is 5.02 Å². The second-order valence-corrected chi connectivity index (χ2v) is 8.79. The highest BCUT2D eigenvalue weighted by Gasteiger charge is 2.19. The van der Waals surface area contributed by atoms with Gasteiger partial charge in [-0.2, -0.15) is 0 Å². The van der Waals surface area contributed by atoms with Crippen molar-refractivity contribution in [3.05, 3.63) is 93.7 Å². The number of rotatable bonds is 5. The zero-order valence-corrected chi connectivity index (χ0v) is 19.1. The van der Waals surface area contributed by atoms with Crippen molar-refractivity contribution < 1.29 is 4.79 Å². The first-order valence-corrected chi connectivity index (χ1v) is 11.5. The third-order valence-corrected chi connectivity index (χ3v) is 6.36. The number of hydrogen-bond donors (Lipinski definition) is 1. The molecular weight excluding hydrogens is 458 g/mol. The Morgan fingerprint density at radius 2 is 1.82 bits per heavy atom. The molecule has 0 fully saturated rings. The van der Waals surface area contributed by atoms with E-state index in [1.165, 1.54) is 11.8 Å². The summed E-state index contributed by atoms with van der Waals surface area (Å²) < 4.78 is 3.39. The zero-order chi connectivity index (χ0) is 22.9. The second-order valence-electron chi connectivity index (χ2n) is 7.41. The highest BCUT2D eigenvalue weighted by molar-refractivity contribution is 7.99. The Balaban J connectivity index is 1.57. The molecule has 3 aromatic carbocycles.